The van der Waals surface area contributed by atoms with Gasteiger partial charge in [0, 0.05) is 18.0 Å². The molecule has 24 heavy (non-hydrogen) atoms. The lowest BCUT2D eigenvalue weighted by Gasteiger charge is -2.08. The van der Waals surface area contributed by atoms with Crippen LogP contribution >= 0.6 is 0 Å². The minimum Gasteiger partial charge on any atom is -0.383 e. The third-order valence-electron chi connectivity index (χ3n) is 3.75. The maximum Gasteiger partial charge on any atom is 0.193 e. The monoisotopic (exact) mass is 327 g/mol. The molecule has 0 spiro atoms. The second-order valence-electron chi connectivity index (χ2n) is 5.88. The van der Waals surface area contributed by atoms with Crippen LogP contribution in [0.2, 0.25) is 0 Å². The molecule has 0 bridgehead atoms. The largest absolute Gasteiger partial charge is 0.383 e. The highest BCUT2D eigenvalue weighted by Crippen LogP contribution is 2.21. The molecule has 2 aromatic heterocycles. The predicted octanol–water partition coefficient (Wildman–Crippen LogP) is 2.73. The Hall–Kier alpha value is -2.83. The van der Waals surface area contributed by atoms with E-state index in [1.807, 2.05) is 19.9 Å². The Labute approximate surface area is 138 Å². The summed E-state index contributed by atoms with van der Waals surface area (Å²) in [4.78, 5) is 20.4. The van der Waals surface area contributed by atoms with Crippen LogP contribution < -0.4 is 5.73 Å². The molecule has 0 aliphatic carbocycles. The van der Waals surface area contributed by atoms with Gasteiger partial charge in [-0.05, 0) is 25.5 Å². The summed E-state index contributed by atoms with van der Waals surface area (Å²) < 4.78 is 14.3. The molecule has 0 unspecified atom stereocenters. The average molecular weight is 327 g/mol. The maximum absolute atomic E-state index is 12.5. The summed E-state index contributed by atoms with van der Waals surface area (Å²) in [5, 5.41) is 5.02. The molecule has 124 valence electrons. The van der Waals surface area contributed by atoms with Crippen molar-refractivity contribution in [2.24, 2.45) is 0 Å². The Morgan fingerprint density at radius 2 is 2.12 bits per heavy atom. The number of ketones is 1. The zero-order valence-electron chi connectivity index (χ0n) is 13.5. The molecule has 0 aliphatic rings. The summed E-state index contributed by atoms with van der Waals surface area (Å²) in [6, 6.07) is 6.97. The number of Topliss-reactive ketones (excluding diaryl/α,β-unsaturated/α-hetero) is 1. The average Bonchev–Trinajstić information content (AvgIpc) is 2.99. The standard InChI is InChI=1S/C17H18FN5O/c1-10(2)23-17-13(9-20-23)16(19)21-15(22-17)7-11-4-3-5-12(6-11)14(24)8-18/h3-6,9-10H,7-8H2,1-2H3,(H2,19,21,22). The van der Waals surface area contributed by atoms with Crippen molar-refractivity contribution < 1.29 is 9.18 Å². The number of hydrogen-bond donors (Lipinski definition) is 1. The summed E-state index contributed by atoms with van der Waals surface area (Å²) in [6.45, 7) is 3.01. The van der Waals surface area contributed by atoms with E-state index in [2.05, 4.69) is 15.1 Å². The van der Waals surface area contributed by atoms with Crippen molar-refractivity contribution in [1.29, 1.82) is 0 Å². The Balaban J connectivity index is 1.98. The second-order valence-corrected chi connectivity index (χ2v) is 5.88. The van der Waals surface area contributed by atoms with Gasteiger partial charge in [-0.3, -0.25) is 4.79 Å². The number of alkyl halides is 1. The number of nitrogen functional groups attached to an aromatic ring is 1. The van der Waals surface area contributed by atoms with E-state index >= 15 is 0 Å². The van der Waals surface area contributed by atoms with Crippen molar-refractivity contribution in [3.63, 3.8) is 0 Å². The van der Waals surface area contributed by atoms with E-state index in [-0.39, 0.29) is 6.04 Å². The highest BCUT2D eigenvalue weighted by atomic mass is 19.1. The first kappa shape index (κ1) is 16.0. The molecular formula is C17H18FN5O. The van der Waals surface area contributed by atoms with Gasteiger partial charge in [0.05, 0.1) is 11.6 Å². The molecule has 0 aliphatic heterocycles. The Kier molecular flexibility index (Phi) is 4.24. The van der Waals surface area contributed by atoms with Gasteiger partial charge in [0.2, 0.25) is 0 Å². The summed E-state index contributed by atoms with van der Waals surface area (Å²) in [5.74, 6) is 0.371. The van der Waals surface area contributed by atoms with Gasteiger partial charge in [0.1, 0.15) is 11.6 Å². The van der Waals surface area contributed by atoms with Crippen LogP contribution in [0.15, 0.2) is 30.5 Å². The van der Waals surface area contributed by atoms with Crippen LogP contribution in [0.25, 0.3) is 11.0 Å². The summed E-state index contributed by atoms with van der Waals surface area (Å²) >= 11 is 0. The van der Waals surface area contributed by atoms with Gasteiger partial charge in [-0.2, -0.15) is 5.10 Å². The number of aromatic nitrogens is 4. The molecule has 0 radical (unpaired) electrons. The summed E-state index contributed by atoms with van der Waals surface area (Å²) in [5.41, 5.74) is 7.87. The number of rotatable bonds is 5. The number of nitrogens with two attached hydrogens (primary N) is 1. The Morgan fingerprint density at radius 3 is 2.83 bits per heavy atom. The van der Waals surface area contributed by atoms with E-state index in [0.29, 0.717) is 34.7 Å². The van der Waals surface area contributed by atoms with Crippen LogP contribution in [-0.4, -0.2) is 32.2 Å². The third kappa shape index (κ3) is 2.97. The van der Waals surface area contributed by atoms with E-state index in [9.17, 15) is 9.18 Å². The van der Waals surface area contributed by atoms with Gasteiger partial charge in [-0.1, -0.05) is 18.2 Å². The molecular weight excluding hydrogens is 309 g/mol. The Morgan fingerprint density at radius 1 is 1.33 bits per heavy atom. The quantitative estimate of drug-likeness (QED) is 0.728. The van der Waals surface area contributed by atoms with Gasteiger partial charge in [-0.25, -0.2) is 19.0 Å². The smallest absolute Gasteiger partial charge is 0.193 e. The van der Waals surface area contributed by atoms with Crippen LogP contribution in [0.5, 0.6) is 0 Å². The molecule has 3 aromatic rings. The molecule has 0 amide bonds. The highest BCUT2D eigenvalue weighted by Gasteiger charge is 2.13. The summed E-state index contributed by atoms with van der Waals surface area (Å²) in [6.07, 6.45) is 2.06. The van der Waals surface area contributed by atoms with Crippen molar-refractivity contribution in [1.82, 2.24) is 19.7 Å². The summed E-state index contributed by atoms with van der Waals surface area (Å²) in [7, 11) is 0. The molecule has 6 nitrogen and oxygen atoms in total. The van der Waals surface area contributed by atoms with E-state index < -0.39 is 12.5 Å². The van der Waals surface area contributed by atoms with Gasteiger partial charge >= 0.3 is 0 Å². The van der Waals surface area contributed by atoms with Crippen LogP contribution in [0.1, 0.15) is 41.6 Å². The van der Waals surface area contributed by atoms with Crippen LogP contribution in [0, 0.1) is 0 Å². The first-order valence-corrected chi connectivity index (χ1v) is 7.67. The van der Waals surface area contributed by atoms with Crippen LogP contribution in [0.3, 0.4) is 0 Å². The first-order valence-electron chi connectivity index (χ1n) is 7.67. The molecule has 0 atom stereocenters. The number of nitrogens with zero attached hydrogens (tertiary/aromatic N) is 4. The zero-order valence-corrected chi connectivity index (χ0v) is 13.5. The number of hydrogen-bond acceptors (Lipinski definition) is 5. The first-order chi connectivity index (χ1) is 11.5. The van der Waals surface area contributed by atoms with Gasteiger partial charge < -0.3 is 5.73 Å². The number of carbonyl (C=O) groups is 1. The van der Waals surface area contributed by atoms with Crippen molar-refractivity contribution in [2.75, 3.05) is 12.4 Å². The minimum absolute atomic E-state index is 0.148. The topological polar surface area (TPSA) is 86.7 Å². The normalized spacial score (nSPS) is 11.3. The number of carbonyl (C=O) groups excluding carboxylic acids is 1. The molecule has 0 saturated carbocycles. The molecule has 2 N–H and O–H groups in total. The molecule has 3 rings (SSSR count). The lowest BCUT2D eigenvalue weighted by Crippen LogP contribution is -2.07. The second kappa shape index (κ2) is 6.35. The highest BCUT2D eigenvalue weighted by molar-refractivity contribution is 5.97. The fourth-order valence-electron chi connectivity index (χ4n) is 2.57. The molecule has 0 saturated heterocycles. The zero-order chi connectivity index (χ0) is 17.3. The van der Waals surface area contributed by atoms with Gasteiger partial charge in [-0.15, -0.1) is 0 Å². The maximum atomic E-state index is 12.5. The van der Waals surface area contributed by atoms with Crippen molar-refractivity contribution in [2.45, 2.75) is 26.3 Å². The molecule has 7 heteroatoms. The lowest BCUT2D eigenvalue weighted by molar-refractivity contribution is 0.0958. The molecule has 0 fully saturated rings. The number of anilines is 1. The van der Waals surface area contributed by atoms with Crippen molar-refractivity contribution in [3.05, 3.63) is 47.4 Å². The Bertz CT molecular complexity index is 903. The van der Waals surface area contributed by atoms with E-state index in [0.717, 1.165) is 5.56 Å². The van der Waals surface area contributed by atoms with Crippen molar-refractivity contribution >= 4 is 22.6 Å². The van der Waals surface area contributed by atoms with E-state index in [4.69, 9.17) is 5.73 Å². The number of fused-ring (bicyclic) bond motifs is 1. The van der Waals surface area contributed by atoms with E-state index in [1.165, 1.54) is 0 Å². The SMILES string of the molecule is CC(C)n1ncc2c(N)nc(Cc3cccc(C(=O)CF)c3)nc21. The lowest BCUT2D eigenvalue weighted by atomic mass is 10.1. The van der Waals surface area contributed by atoms with Crippen molar-refractivity contribution in [3.8, 4) is 0 Å². The fourth-order valence-corrected chi connectivity index (χ4v) is 2.57. The molecule has 1 aromatic carbocycles. The molecule has 2 heterocycles. The third-order valence-corrected chi connectivity index (χ3v) is 3.75. The fraction of sp³-hybridized carbons (Fsp3) is 0.294. The number of benzene rings is 1. The van der Waals surface area contributed by atoms with Crippen LogP contribution in [0.4, 0.5) is 10.2 Å². The predicted molar refractivity (Wildman–Crippen MR) is 89.7 cm³/mol. The van der Waals surface area contributed by atoms with Gasteiger partial charge in [0.15, 0.2) is 18.1 Å². The van der Waals surface area contributed by atoms with E-state index in [1.54, 1.807) is 29.1 Å². The van der Waals surface area contributed by atoms with Crippen LogP contribution in [-0.2, 0) is 6.42 Å². The van der Waals surface area contributed by atoms with Gasteiger partial charge in [0.25, 0.3) is 0 Å². The number of halogens is 1. The minimum atomic E-state index is -1.01.